The summed E-state index contributed by atoms with van der Waals surface area (Å²) in [6, 6.07) is 20.6. The summed E-state index contributed by atoms with van der Waals surface area (Å²) in [5.41, 5.74) is 9.77. The van der Waals surface area contributed by atoms with E-state index in [0.717, 1.165) is 18.4 Å². The summed E-state index contributed by atoms with van der Waals surface area (Å²) >= 11 is 6.60. The van der Waals surface area contributed by atoms with E-state index >= 15 is 0 Å². The minimum absolute atomic E-state index is 0.186. The molecule has 0 aromatic heterocycles. The highest BCUT2D eigenvalue weighted by atomic mass is 35.5. The Morgan fingerprint density at radius 2 is 1.55 bits per heavy atom. The molecule has 2 atom stereocenters. The zero-order chi connectivity index (χ0) is 14.0. The third kappa shape index (κ3) is 2.39. The Balaban J connectivity index is 1.92. The quantitative estimate of drug-likeness (QED) is 0.816. The Bertz CT molecular complexity index is 606. The molecule has 0 spiro atoms. The summed E-state index contributed by atoms with van der Waals surface area (Å²) in [6.45, 7) is 0. The Kier molecular flexibility index (Phi) is 3.64. The van der Waals surface area contributed by atoms with E-state index in [4.69, 9.17) is 17.3 Å². The number of halogens is 1. The number of rotatable bonds is 2. The molecule has 1 aliphatic rings. The molecule has 1 aliphatic carbocycles. The summed E-state index contributed by atoms with van der Waals surface area (Å²) in [5.74, 6) is 0. The molecule has 3 rings (SSSR count). The molecule has 0 aliphatic heterocycles. The molecule has 0 heterocycles. The number of hydrogen-bond donors (Lipinski definition) is 1. The first-order valence-electron chi connectivity index (χ1n) is 6.95. The topological polar surface area (TPSA) is 26.0 Å². The summed E-state index contributed by atoms with van der Waals surface area (Å²) in [6.07, 6.45) is 3.94. The van der Waals surface area contributed by atoms with Crippen LogP contribution < -0.4 is 5.73 Å². The maximum Gasteiger partial charge on any atom is 0.0743 e. The van der Waals surface area contributed by atoms with Gasteiger partial charge in [0.2, 0.25) is 0 Å². The molecule has 102 valence electrons. The molecular formula is C18H18ClN. The summed E-state index contributed by atoms with van der Waals surface area (Å²) < 4.78 is 0. The standard InChI is InChI=1S/C18H18ClN/c19-17-13-15(14-7-3-1-4-8-14)11-12-18(17,20)16-9-5-2-6-10-16/h1-10,13,17H,11-12,20H2. The van der Waals surface area contributed by atoms with Crippen molar-refractivity contribution < 1.29 is 0 Å². The number of allylic oxidation sites excluding steroid dienone is 1. The van der Waals surface area contributed by atoms with Crippen LogP contribution in [0.5, 0.6) is 0 Å². The number of benzene rings is 2. The fourth-order valence-electron chi connectivity index (χ4n) is 2.83. The maximum atomic E-state index is 6.60. The van der Waals surface area contributed by atoms with Gasteiger partial charge in [-0.3, -0.25) is 0 Å². The lowest BCUT2D eigenvalue weighted by atomic mass is 9.76. The van der Waals surface area contributed by atoms with Crippen molar-refractivity contribution in [3.8, 4) is 0 Å². The first-order valence-corrected chi connectivity index (χ1v) is 7.38. The second kappa shape index (κ2) is 5.43. The van der Waals surface area contributed by atoms with E-state index in [2.05, 4.69) is 42.5 Å². The van der Waals surface area contributed by atoms with Crippen LogP contribution in [0, 0.1) is 0 Å². The normalized spacial score (nSPS) is 26.1. The van der Waals surface area contributed by atoms with Gasteiger partial charge < -0.3 is 5.73 Å². The Hall–Kier alpha value is -1.57. The van der Waals surface area contributed by atoms with Crippen molar-refractivity contribution in [2.24, 2.45) is 5.73 Å². The van der Waals surface area contributed by atoms with Crippen LogP contribution in [0.15, 0.2) is 66.7 Å². The zero-order valence-corrected chi connectivity index (χ0v) is 12.1. The molecule has 0 saturated heterocycles. The van der Waals surface area contributed by atoms with Gasteiger partial charge in [0.25, 0.3) is 0 Å². The van der Waals surface area contributed by atoms with Gasteiger partial charge in [0.15, 0.2) is 0 Å². The lowest BCUT2D eigenvalue weighted by molar-refractivity contribution is 0.414. The molecule has 2 N–H and O–H groups in total. The first-order chi connectivity index (χ1) is 9.70. The predicted molar refractivity (Wildman–Crippen MR) is 85.6 cm³/mol. The van der Waals surface area contributed by atoms with Crippen molar-refractivity contribution in [3.63, 3.8) is 0 Å². The van der Waals surface area contributed by atoms with Crippen LogP contribution in [0.2, 0.25) is 0 Å². The molecule has 0 radical (unpaired) electrons. The summed E-state index contributed by atoms with van der Waals surface area (Å²) in [7, 11) is 0. The Morgan fingerprint density at radius 3 is 2.15 bits per heavy atom. The number of hydrogen-bond acceptors (Lipinski definition) is 1. The van der Waals surface area contributed by atoms with Crippen molar-refractivity contribution in [1.29, 1.82) is 0 Å². The molecule has 1 nitrogen and oxygen atoms in total. The van der Waals surface area contributed by atoms with Crippen LogP contribution in [-0.2, 0) is 5.54 Å². The van der Waals surface area contributed by atoms with Gasteiger partial charge in [-0.1, -0.05) is 66.7 Å². The molecule has 2 aromatic carbocycles. The van der Waals surface area contributed by atoms with Crippen LogP contribution >= 0.6 is 11.6 Å². The second-order valence-electron chi connectivity index (χ2n) is 5.37. The van der Waals surface area contributed by atoms with E-state index < -0.39 is 5.54 Å². The summed E-state index contributed by atoms with van der Waals surface area (Å²) in [4.78, 5) is 0. The van der Waals surface area contributed by atoms with Crippen molar-refractivity contribution in [3.05, 3.63) is 77.9 Å². The molecule has 2 unspecified atom stereocenters. The van der Waals surface area contributed by atoms with E-state index in [1.54, 1.807) is 0 Å². The molecule has 0 fully saturated rings. The van der Waals surface area contributed by atoms with Crippen LogP contribution in [0.25, 0.3) is 5.57 Å². The van der Waals surface area contributed by atoms with Gasteiger partial charge in [-0.2, -0.15) is 0 Å². The molecule has 0 amide bonds. The van der Waals surface area contributed by atoms with Crippen LogP contribution in [0.4, 0.5) is 0 Å². The minimum Gasteiger partial charge on any atom is -0.320 e. The smallest absolute Gasteiger partial charge is 0.0743 e. The number of alkyl halides is 1. The lowest BCUT2D eigenvalue weighted by Gasteiger charge is -2.37. The highest BCUT2D eigenvalue weighted by Gasteiger charge is 2.37. The molecule has 20 heavy (non-hydrogen) atoms. The first kappa shape index (κ1) is 13.4. The SMILES string of the molecule is NC1(c2ccccc2)CCC(c2ccccc2)=CC1Cl. The van der Waals surface area contributed by atoms with Gasteiger partial charge >= 0.3 is 0 Å². The molecule has 0 saturated carbocycles. The molecule has 0 bridgehead atoms. The minimum atomic E-state index is -0.471. The van der Waals surface area contributed by atoms with Gasteiger partial charge in [0, 0.05) is 0 Å². The maximum absolute atomic E-state index is 6.60. The van der Waals surface area contributed by atoms with Crippen LogP contribution in [-0.4, -0.2) is 5.38 Å². The average molecular weight is 284 g/mol. The fourth-order valence-corrected chi connectivity index (χ4v) is 3.22. The van der Waals surface area contributed by atoms with Crippen LogP contribution in [0.1, 0.15) is 24.0 Å². The van der Waals surface area contributed by atoms with E-state index in [0.29, 0.717) is 0 Å². The monoisotopic (exact) mass is 283 g/mol. The summed E-state index contributed by atoms with van der Waals surface area (Å²) in [5, 5.41) is -0.186. The van der Waals surface area contributed by atoms with E-state index in [-0.39, 0.29) is 5.38 Å². The van der Waals surface area contributed by atoms with Crippen molar-refractivity contribution in [1.82, 2.24) is 0 Å². The van der Waals surface area contributed by atoms with Crippen molar-refractivity contribution in [2.45, 2.75) is 23.8 Å². The van der Waals surface area contributed by atoms with Crippen molar-refractivity contribution in [2.75, 3.05) is 0 Å². The second-order valence-corrected chi connectivity index (χ2v) is 5.84. The van der Waals surface area contributed by atoms with Crippen molar-refractivity contribution >= 4 is 17.2 Å². The van der Waals surface area contributed by atoms with Crippen LogP contribution in [0.3, 0.4) is 0 Å². The van der Waals surface area contributed by atoms with Gasteiger partial charge in [-0.05, 0) is 29.5 Å². The van der Waals surface area contributed by atoms with E-state index in [1.165, 1.54) is 11.1 Å². The largest absolute Gasteiger partial charge is 0.320 e. The average Bonchev–Trinajstić information content (AvgIpc) is 2.52. The number of nitrogens with two attached hydrogens (primary N) is 1. The molecule has 2 aromatic rings. The Morgan fingerprint density at radius 1 is 0.950 bits per heavy atom. The molecule has 2 heteroatoms. The third-order valence-electron chi connectivity index (χ3n) is 4.10. The lowest BCUT2D eigenvalue weighted by Crippen LogP contribution is -2.46. The van der Waals surface area contributed by atoms with Gasteiger partial charge in [-0.25, -0.2) is 0 Å². The Labute approximate surface area is 125 Å². The fraction of sp³-hybridized carbons (Fsp3) is 0.222. The predicted octanol–water partition coefficient (Wildman–Crippen LogP) is 4.33. The van der Waals surface area contributed by atoms with Gasteiger partial charge in [0.1, 0.15) is 0 Å². The van der Waals surface area contributed by atoms with Gasteiger partial charge in [-0.15, -0.1) is 11.6 Å². The molecular weight excluding hydrogens is 266 g/mol. The van der Waals surface area contributed by atoms with E-state index in [1.807, 2.05) is 24.3 Å². The highest BCUT2D eigenvalue weighted by Crippen LogP contribution is 2.40. The highest BCUT2D eigenvalue weighted by molar-refractivity contribution is 6.23. The van der Waals surface area contributed by atoms with Gasteiger partial charge in [0.05, 0.1) is 10.9 Å². The third-order valence-corrected chi connectivity index (χ3v) is 4.62. The zero-order valence-electron chi connectivity index (χ0n) is 11.3. The van der Waals surface area contributed by atoms with E-state index in [9.17, 15) is 0 Å².